The maximum absolute atomic E-state index is 13.1. The Labute approximate surface area is 201 Å². The smallest absolute Gasteiger partial charge is 0.380 e. The van der Waals surface area contributed by atoms with Crippen molar-refractivity contribution in [3.8, 4) is 0 Å². The fraction of sp³-hybridized carbons (Fsp3) is 0.520. The van der Waals surface area contributed by atoms with Crippen molar-refractivity contribution in [2.75, 3.05) is 13.1 Å². The van der Waals surface area contributed by atoms with Gasteiger partial charge in [0.15, 0.2) is 12.2 Å². The molecule has 0 bridgehead atoms. The van der Waals surface area contributed by atoms with Crippen molar-refractivity contribution in [2.24, 2.45) is 11.8 Å². The number of amides is 2. The number of nitrogens with one attached hydrogen (secondary N) is 1. The standard InChI is InChI=1S/C25H30F4N2O4/c26-20-9-5-17(6-10-20)14-16-2-1-12-31(13-11-16)24(35)22(33)21(32)23(34)30-15-18-3-7-19(8-4-18)25(27,28)29/h3-5,7-10,16-17,21-22,32-33H,1-2,6,11-15H2,(H,30,34)/t16?,17?,21-,22-/m1/s1. The zero-order valence-electron chi connectivity index (χ0n) is 19.2. The lowest BCUT2D eigenvalue weighted by molar-refractivity contribution is -0.153. The number of hydrogen-bond acceptors (Lipinski definition) is 4. The summed E-state index contributed by atoms with van der Waals surface area (Å²) in [5.74, 6) is -1.38. The molecule has 1 fully saturated rings. The molecule has 2 amide bonds. The van der Waals surface area contributed by atoms with Crippen LogP contribution in [0.4, 0.5) is 17.6 Å². The number of halogens is 4. The Balaban J connectivity index is 1.46. The van der Waals surface area contributed by atoms with Crippen LogP contribution in [-0.4, -0.2) is 52.2 Å². The molecule has 1 aliphatic heterocycles. The summed E-state index contributed by atoms with van der Waals surface area (Å²) >= 11 is 0. The normalized spacial score (nSPS) is 22.7. The summed E-state index contributed by atoms with van der Waals surface area (Å²) in [6.07, 6.45) is 0.287. The minimum absolute atomic E-state index is 0.172. The van der Waals surface area contributed by atoms with Crippen molar-refractivity contribution in [1.29, 1.82) is 0 Å². The lowest BCUT2D eigenvalue weighted by atomic mass is 9.86. The Kier molecular flexibility index (Phi) is 9.07. The minimum Gasteiger partial charge on any atom is -0.380 e. The topological polar surface area (TPSA) is 89.9 Å². The molecular formula is C25H30F4N2O4. The average Bonchev–Trinajstić information content (AvgIpc) is 3.07. The number of aliphatic hydroxyl groups is 2. The minimum atomic E-state index is -4.47. The predicted molar refractivity (Wildman–Crippen MR) is 120 cm³/mol. The third kappa shape index (κ3) is 7.63. The molecule has 3 N–H and O–H groups in total. The van der Waals surface area contributed by atoms with Crippen molar-refractivity contribution < 1.29 is 37.4 Å². The van der Waals surface area contributed by atoms with E-state index in [-0.39, 0.29) is 18.3 Å². The Morgan fingerprint density at radius 3 is 2.43 bits per heavy atom. The van der Waals surface area contributed by atoms with Gasteiger partial charge >= 0.3 is 6.18 Å². The van der Waals surface area contributed by atoms with Gasteiger partial charge in [-0.2, -0.15) is 13.2 Å². The molecule has 35 heavy (non-hydrogen) atoms. The van der Waals surface area contributed by atoms with Crippen LogP contribution in [0.25, 0.3) is 0 Å². The van der Waals surface area contributed by atoms with Crippen molar-refractivity contribution in [2.45, 2.75) is 57.0 Å². The molecule has 1 aromatic rings. The number of allylic oxidation sites excluding steroid dienone is 4. The first-order valence-electron chi connectivity index (χ1n) is 11.7. The van der Waals surface area contributed by atoms with Crippen LogP contribution in [0, 0.1) is 11.8 Å². The molecule has 1 heterocycles. The maximum atomic E-state index is 13.1. The molecule has 1 aliphatic carbocycles. The number of alkyl halides is 3. The van der Waals surface area contributed by atoms with Crippen LogP contribution in [0.5, 0.6) is 0 Å². The van der Waals surface area contributed by atoms with E-state index in [1.165, 1.54) is 23.1 Å². The van der Waals surface area contributed by atoms with Crippen molar-refractivity contribution in [3.05, 3.63) is 59.4 Å². The lowest BCUT2D eigenvalue weighted by Gasteiger charge is -2.26. The molecule has 6 nitrogen and oxygen atoms in total. The highest BCUT2D eigenvalue weighted by molar-refractivity contribution is 5.90. The van der Waals surface area contributed by atoms with Crippen LogP contribution >= 0.6 is 0 Å². The molecule has 1 saturated heterocycles. The number of carbonyl (C=O) groups excluding carboxylic acids is 2. The summed E-state index contributed by atoms with van der Waals surface area (Å²) in [4.78, 5) is 26.4. The van der Waals surface area contributed by atoms with E-state index in [1.807, 2.05) is 6.08 Å². The van der Waals surface area contributed by atoms with Gasteiger partial charge in [-0.15, -0.1) is 0 Å². The molecule has 3 rings (SSSR count). The predicted octanol–water partition coefficient (Wildman–Crippen LogP) is 3.49. The van der Waals surface area contributed by atoms with E-state index in [2.05, 4.69) is 5.32 Å². The Morgan fingerprint density at radius 1 is 1.09 bits per heavy atom. The van der Waals surface area contributed by atoms with Gasteiger partial charge in [-0.05, 0) is 73.8 Å². The number of aliphatic hydroxyl groups excluding tert-OH is 2. The molecule has 0 saturated carbocycles. The Morgan fingerprint density at radius 2 is 1.80 bits per heavy atom. The first kappa shape index (κ1) is 26.9. The number of likely N-dealkylation sites (tertiary alicyclic amines) is 1. The van der Waals surface area contributed by atoms with Crippen LogP contribution in [0.2, 0.25) is 0 Å². The molecule has 4 atom stereocenters. The van der Waals surface area contributed by atoms with Gasteiger partial charge in [-0.3, -0.25) is 9.59 Å². The number of carbonyl (C=O) groups is 2. The summed E-state index contributed by atoms with van der Waals surface area (Å²) in [6.45, 7) is 0.595. The van der Waals surface area contributed by atoms with Gasteiger partial charge in [0.05, 0.1) is 5.56 Å². The summed E-state index contributed by atoms with van der Waals surface area (Å²) in [6, 6.07) is 4.14. The van der Waals surface area contributed by atoms with E-state index in [0.29, 0.717) is 43.8 Å². The van der Waals surface area contributed by atoms with Crippen molar-refractivity contribution in [1.82, 2.24) is 10.2 Å². The van der Waals surface area contributed by atoms with Gasteiger partial charge in [-0.1, -0.05) is 18.2 Å². The molecule has 0 spiro atoms. The zero-order chi connectivity index (χ0) is 25.6. The first-order valence-corrected chi connectivity index (χ1v) is 11.7. The molecule has 0 radical (unpaired) electrons. The highest BCUT2D eigenvalue weighted by atomic mass is 19.4. The van der Waals surface area contributed by atoms with E-state index >= 15 is 0 Å². The average molecular weight is 499 g/mol. The second-order valence-corrected chi connectivity index (χ2v) is 9.10. The number of benzene rings is 1. The largest absolute Gasteiger partial charge is 0.416 e. The first-order chi connectivity index (χ1) is 16.5. The summed E-state index contributed by atoms with van der Waals surface area (Å²) < 4.78 is 51.1. The van der Waals surface area contributed by atoms with E-state index in [1.54, 1.807) is 6.08 Å². The van der Waals surface area contributed by atoms with Crippen LogP contribution in [0.1, 0.15) is 43.2 Å². The fourth-order valence-corrected chi connectivity index (χ4v) is 4.43. The highest BCUT2D eigenvalue weighted by Crippen LogP contribution is 2.30. The second-order valence-electron chi connectivity index (χ2n) is 9.10. The van der Waals surface area contributed by atoms with E-state index in [0.717, 1.165) is 25.0 Å². The van der Waals surface area contributed by atoms with Crippen LogP contribution in [-0.2, 0) is 22.3 Å². The fourth-order valence-electron chi connectivity index (χ4n) is 4.43. The number of rotatable bonds is 7. The highest BCUT2D eigenvalue weighted by Gasteiger charge is 2.34. The van der Waals surface area contributed by atoms with Gasteiger partial charge in [0, 0.05) is 19.6 Å². The third-order valence-corrected chi connectivity index (χ3v) is 6.51. The SMILES string of the molecule is O=C(NCc1ccc(C(F)(F)F)cc1)[C@H](O)[C@@H](O)C(=O)N1CCCC(CC2C=CC(F)=CC2)CC1. The van der Waals surface area contributed by atoms with E-state index in [9.17, 15) is 37.4 Å². The van der Waals surface area contributed by atoms with Crippen molar-refractivity contribution in [3.63, 3.8) is 0 Å². The Bertz CT molecular complexity index is 946. The van der Waals surface area contributed by atoms with Crippen molar-refractivity contribution >= 4 is 11.8 Å². The molecule has 10 heteroatoms. The quantitative estimate of drug-likeness (QED) is 0.502. The van der Waals surface area contributed by atoms with Crippen LogP contribution in [0.15, 0.2) is 48.3 Å². The molecule has 0 aromatic heterocycles. The van der Waals surface area contributed by atoms with Gasteiger partial charge in [0.2, 0.25) is 0 Å². The maximum Gasteiger partial charge on any atom is 0.416 e. The van der Waals surface area contributed by atoms with Crippen LogP contribution in [0.3, 0.4) is 0 Å². The van der Waals surface area contributed by atoms with E-state index in [4.69, 9.17) is 0 Å². The molecule has 2 unspecified atom stereocenters. The van der Waals surface area contributed by atoms with E-state index < -0.39 is 35.8 Å². The van der Waals surface area contributed by atoms with Gasteiger partial charge < -0.3 is 20.4 Å². The monoisotopic (exact) mass is 498 g/mol. The number of hydrogen-bond donors (Lipinski definition) is 3. The second kappa shape index (κ2) is 11.8. The number of nitrogens with zero attached hydrogens (tertiary/aromatic N) is 1. The van der Waals surface area contributed by atoms with Crippen LogP contribution < -0.4 is 5.32 Å². The summed E-state index contributed by atoms with van der Waals surface area (Å²) in [5.41, 5.74) is -0.460. The molecule has 2 aliphatic rings. The summed E-state index contributed by atoms with van der Waals surface area (Å²) in [5, 5.41) is 22.8. The van der Waals surface area contributed by atoms with Gasteiger partial charge in [0.25, 0.3) is 11.8 Å². The zero-order valence-corrected chi connectivity index (χ0v) is 19.2. The lowest BCUT2D eigenvalue weighted by Crippen LogP contribution is -2.50. The summed E-state index contributed by atoms with van der Waals surface area (Å²) in [7, 11) is 0. The molecule has 192 valence electrons. The van der Waals surface area contributed by atoms with Gasteiger partial charge in [-0.25, -0.2) is 4.39 Å². The molecular weight excluding hydrogens is 468 g/mol. The Hall–Kier alpha value is -2.72. The third-order valence-electron chi connectivity index (χ3n) is 6.51. The molecule has 1 aromatic carbocycles. The van der Waals surface area contributed by atoms with Gasteiger partial charge in [0.1, 0.15) is 5.83 Å².